The number of fused-ring (bicyclic) bond motifs is 12. The molecular weight excluding hydrogens is 1470 g/mol. The third kappa shape index (κ3) is 15.8. The average molecular weight is 1560 g/mol. The predicted molar refractivity (Wildman–Crippen MR) is 394 cm³/mol. The van der Waals surface area contributed by atoms with Gasteiger partial charge in [-0.25, -0.2) is 0 Å². The number of halogens is 2. The van der Waals surface area contributed by atoms with E-state index in [1.54, 1.807) is 0 Å². The molecule has 31 nitrogen and oxygen atoms in total. The van der Waals surface area contributed by atoms with E-state index in [0.29, 0.717) is 18.4 Å². The van der Waals surface area contributed by atoms with Crippen LogP contribution in [0, 0.1) is 29.6 Å². The number of nitrogens with two attached hydrogens (primary N) is 2. The molecule has 11 aliphatic rings. The van der Waals surface area contributed by atoms with E-state index < -0.39 is 180 Å². The van der Waals surface area contributed by atoms with Gasteiger partial charge in [-0.15, -0.1) is 0 Å². The van der Waals surface area contributed by atoms with Crippen LogP contribution in [0.25, 0.3) is 11.1 Å². The van der Waals surface area contributed by atoms with Crippen LogP contribution < -0.4 is 73.5 Å². The second-order valence-electron chi connectivity index (χ2n) is 30.6. The Labute approximate surface area is 642 Å². The Kier molecular flexibility index (Phi) is 23.4. The Hall–Kier alpha value is -8.80. The smallest absolute Gasteiger partial charge is 0.248 e. The van der Waals surface area contributed by atoms with E-state index in [-0.39, 0.29) is 108 Å². The van der Waals surface area contributed by atoms with E-state index in [2.05, 4.69) is 54.8 Å². The maximum absolute atomic E-state index is 16.3. The van der Waals surface area contributed by atoms with Crippen molar-refractivity contribution in [3.05, 3.63) is 127 Å². The Balaban J connectivity index is 1.01. The molecule has 590 valence electrons. The summed E-state index contributed by atoms with van der Waals surface area (Å²) in [7, 11) is 1.50. The van der Waals surface area contributed by atoms with Gasteiger partial charge in [0.15, 0.2) is 11.5 Å². The van der Waals surface area contributed by atoms with Crippen molar-refractivity contribution in [1.29, 1.82) is 0 Å². The van der Waals surface area contributed by atoms with Crippen LogP contribution in [0.1, 0.15) is 166 Å². The summed E-state index contributed by atoms with van der Waals surface area (Å²) < 4.78 is 25.6. The number of hydrogen-bond acceptors (Lipinski definition) is 23. The fraction of sp³-hybridized carbons (Fsp3) is 0.506. The summed E-state index contributed by atoms with van der Waals surface area (Å²) in [5.74, 6) is -13.9. The molecule has 5 fully saturated rings. The van der Waals surface area contributed by atoms with E-state index in [9.17, 15) is 55.2 Å². The SMILES string of the molecule is CCCCCCNCc1c(O)cc2c3c1C(O)(O)c1ccc(cc1-3)C1NC(=O)C3NC(=O)C(CC(N)=O)NC(=O)C(NC(=O)C(CC(C)C)NC)C(O)c4ccc(c(Cl)c4)Oc4cc3cc(c4OC3OC(CN)C(O)C(O)C3O)Oc3ccc(cc3Cl)C(O)C(NC1=O)C(=O)NC2C(=O)NC1C2CC3CC(C2)CC1C3. The molecule has 21 N–H and O–H groups in total. The highest BCUT2D eigenvalue weighted by Gasteiger charge is 2.53. The molecule has 33 heteroatoms. The lowest BCUT2D eigenvalue weighted by Crippen LogP contribution is -2.60. The minimum atomic E-state index is -2.99. The molecule has 6 aliphatic heterocycles. The van der Waals surface area contributed by atoms with E-state index >= 15 is 24.0 Å². The minimum Gasteiger partial charge on any atom is -0.508 e. The monoisotopic (exact) mass is 1560 g/mol. The largest absolute Gasteiger partial charge is 0.508 e. The number of likely N-dealkylation sites (N-methyl/N-ethyl adjacent to an activating group) is 1. The summed E-state index contributed by atoms with van der Waals surface area (Å²) in [6.45, 7) is 5.60. The van der Waals surface area contributed by atoms with Gasteiger partial charge in [0, 0.05) is 35.8 Å². The van der Waals surface area contributed by atoms with E-state index in [1.165, 1.54) is 67.7 Å². The number of aliphatic hydroxyl groups excluding tert-OH is 5. The van der Waals surface area contributed by atoms with Gasteiger partial charge in [0.05, 0.1) is 22.5 Å². The number of amides is 8. The average Bonchev–Trinajstić information content (AvgIpc) is 1.54. The molecule has 5 aromatic rings. The van der Waals surface area contributed by atoms with Gasteiger partial charge in [0.2, 0.25) is 65.1 Å². The van der Waals surface area contributed by atoms with Crippen LogP contribution in [0.4, 0.5) is 0 Å². The minimum absolute atomic E-state index is 0.00126. The van der Waals surface area contributed by atoms with Gasteiger partial charge >= 0.3 is 0 Å². The third-order valence-corrected chi connectivity index (χ3v) is 23.2. The number of phenolic OH excluding ortho intramolecular Hbond substituents is 1. The van der Waals surface area contributed by atoms with Crippen LogP contribution in [0.2, 0.25) is 10.0 Å². The number of primary amides is 1. The summed E-state index contributed by atoms with van der Waals surface area (Å²) in [4.78, 5) is 122. The van der Waals surface area contributed by atoms with Crippen LogP contribution >= 0.6 is 23.2 Å². The number of nitrogens with one attached hydrogen (secondary N) is 9. The zero-order chi connectivity index (χ0) is 78.6. The number of aliphatic hydroxyl groups is 7. The first-order chi connectivity index (χ1) is 52.4. The topological polar surface area (TPSA) is 496 Å². The van der Waals surface area contributed by atoms with Crippen molar-refractivity contribution in [2.45, 2.75) is 195 Å². The van der Waals surface area contributed by atoms with Crippen molar-refractivity contribution in [2.75, 3.05) is 20.1 Å². The number of ether oxygens (including phenoxy) is 4. The van der Waals surface area contributed by atoms with E-state index in [1.807, 2.05) is 13.8 Å². The van der Waals surface area contributed by atoms with Gasteiger partial charge in [0.1, 0.15) is 90.1 Å². The van der Waals surface area contributed by atoms with Crippen LogP contribution in [0.15, 0.2) is 72.8 Å². The van der Waals surface area contributed by atoms with Gasteiger partial charge in [-0.3, -0.25) is 38.4 Å². The van der Waals surface area contributed by atoms with Crippen molar-refractivity contribution in [1.82, 2.24) is 47.9 Å². The summed E-state index contributed by atoms with van der Waals surface area (Å²) in [5.41, 5.74) is 10.2. The predicted octanol–water partition coefficient (Wildman–Crippen LogP) is 2.45. The van der Waals surface area contributed by atoms with Crippen molar-refractivity contribution in [2.24, 2.45) is 41.1 Å². The molecular formula is C77H93Cl2N11O20. The molecule has 0 aromatic heterocycles. The van der Waals surface area contributed by atoms with Crippen LogP contribution in [0.3, 0.4) is 0 Å². The van der Waals surface area contributed by atoms with Crippen molar-refractivity contribution in [3.63, 3.8) is 0 Å². The van der Waals surface area contributed by atoms with E-state index in [0.717, 1.165) is 69.9 Å². The first kappa shape index (κ1) is 79.3. The number of carbonyl (C=O) groups is 8. The molecule has 8 amide bonds. The molecule has 6 heterocycles. The third-order valence-electron chi connectivity index (χ3n) is 22.6. The summed E-state index contributed by atoms with van der Waals surface area (Å²) in [6, 6.07) is 0.791. The first-order valence-corrected chi connectivity index (χ1v) is 38.0. The molecule has 1 saturated heterocycles. The number of hydrogen-bond donors (Lipinski definition) is 19. The molecule has 15 bridgehead atoms. The first-order valence-electron chi connectivity index (χ1n) is 37.3. The molecule has 0 spiro atoms. The van der Waals surface area contributed by atoms with Gasteiger partial charge in [0.25, 0.3) is 0 Å². The normalized spacial score (nSPS) is 29.5. The van der Waals surface area contributed by atoms with Gasteiger partial charge < -0.3 is 119 Å². The number of aromatic hydroxyl groups is 1. The lowest BCUT2D eigenvalue weighted by molar-refractivity contribution is -0.270. The maximum Gasteiger partial charge on any atom is 0.248 e. The number of rotatable bonds is 19. The Morgan fingerprint density at radius 1 is 0.682 bits per heavy atom. The fourth-order valence-corrected chi connectivity index (χ4v) is 17.6. The summed E-state index contributed by atoms with van der Waals surface area (Å²) in [5, 5.41) is 121. The van der Waals surface area contributed by atoms with Crippen molar-refractivity contribution >= 4 is 70.5 Å². The molecule has 14 atom stereocenters. The maximum atomic E-state index is 16.3. The fourth-order valence-electron chi connectivity index (χ4n) is 17.2. The van der Waals surface area contributed by atoms with Gasteiger partial charge in [-0.1, -0.05) is 87.5 Å². The zero-order valence-corrected chi connectivity index (χ0v) is 62.3. The zero-order valence-electron chi connectivity index (χ0n) is 60.8. The standard InChI is InChI=1S/C77H93Cl2N11O20/c1-5-6-7-8-15-83-30-42-48(91)27-41-55-40-22-34(9-12-43(40)77(105,106)56(42)55)58-71(100)90-62(75(104)88-60(41)73(102)85-57-37-18-32-17-33(20-37)21-38(57)19-32)64(94)36-11-14-50(45(79)24-36)108-52-26-39-25-51(68(52)110-76-67(97)66(96)65(95)53(29-80)109-76)107-49-13-10-35(23-44(49)78)63(93)61(89-69(98)46(82-4)16-31(2)3)74(103)84-47(28-54(81)92)70(99)86-59(39)72(101)87-58/h9-14,22-27,31-33,37-38,46-47,53,57-67,76,82-83,91,93-97,105-106H,5-8,15-21,28-30,80H2,1-4H3,(H2,81,92)(H,84,103)(H,85,102)(H,86,99)(H,87,101)(H,88,104)(H,89,98)(H,90,100). The summed E-state index contributed by atoms with van der Waals surface area (Å²) >= 11 is 14.2. The van der Waals surface area contributed by atoms with Crippen molar-refractivity contribution < 1.29 is 98.2 Å². The van der Waals surface area contributed by atoms with Gasteiger partial charge in [-0.2, -0.15) is 0 Å². The number of carbonyl (C=O) groups excluding carboxylic acids is 8. The van der Waals surface area contributed by atoms with E-state index in [4.69, 9.17) is 53.6 Å². The lowest BCUT2D eigenvalue weighted by Gasteiger charge is -2.54. The molecule has 16 rings (SSSR count). The van der Waals surface area contributed by atoms with Crippen LogP contribution in [-0.2, 0) is 55.4 Å². The highest BCUT2D eigenvalue weighted by molar-refractivity contribution is 6.32. The van der Waals surface area contributed by atoms with Crippen LogP contribution in [0.5, 0.6) is 34.5 Å². The van der Waals surface area contributed by atoms with Gasteiger partial charge in [-0.05, 0) is 176 Å². The number of phenols is 1. The number of unbranched alkanes of at least 4 members (excludes halogenated alkanes) is 3. The molecule has 14 unspecified atom stereocenters. The summed E-state index contributed by atoms with van der Waals surface area (Å²) in [6.07, 6.45) is -6.12. The second-order valence-corrected chi connectivity index (χ2v) is 31.4. The molecule has 5 aromatic carbocycles. The Morgan fingerprint density at radius 2 is 1.30 bits per heavy atom. The lowest BCUT2D eigenvalue weighted by atomic mass is 9.54. The molecule has 5 aliphatic carbocycles. The molecule has 4 saturated carbocycles. The highest BCUT2D eigenvalue weighted by Crippen LogP contribution is 2.56. The van der Waals surface area contributed by atoms with Crippen molar-refractivity contribution in [3.8, 4) is 45.6 Å². The Bertz CT molecular complexity index is 4410. The number of benzene rings is 5. The quantitative estimate of drug-likeness (QED) is 0.0417. The molecule has 0 radical (unpaired) electrons. The Morgan fingerprint density at radius 3 is 1.91 bits per heavy atom. The molecule has 110 heavy (non-hydrogen) atoms. The highest BCUT2D eigenvalue weighted by atomic mass is 35.5. The van der Waals surface area contributed by atoms with Crippen LogP contribution in [-0.4, -0.2) is 169 Å². The second kappa shape index (κ2) is 32.5.